The smallest absolute Gasteiger partial charge is 0.408 e. The van der Waals surface area contributed by atoms with Crippen LogP contribution in [0.15, 0.2) is 41.8 Å². The van der Waals surface area contributed by atoms with E-state index in [0.717, 1.165) is 12.0 Å². The molecule has 176 valence electrons. The third kappa shape index (κ3) is 5.85. The summed E-state index contributed by atoms with van der Waals surface area (Å²) < 4.78 is 52.6. The van der Waals surface area contributed by atoms with E-state index >= 15 is 0 Å². The molecule has 0 aromatic heterocycles. The molecule has 5 atom stereocenters. The Morgan fingerprint density at radius 2 is 2.00 bits per heavy atom. The molecule has 0 spiro atoms. The van der Waals surface area contributed by atoms with Crippen molar-refractivity contribution in [2.75, 3.05) is 13.2 Å². The highest BCUT2D eigenvalue weighted by Crippen LogP contribution is 2.31. The highest BCUT2D eigenvalue weighted by molar-refractivity contribution is 7.86. The monoisotopic (exact) mass is 469 g/mol. The number of rotatable bonds is 10. The van der Waals surface area contributed by atoms with Gasteiger partial charge in [0.25, 0.3) is 10.1 Å². The molecule has 1 aromatic rings. The van der Waals surface area contributed by atoms with Crippen molar-refractivity contribution in [2.45, 2.75) is 62.2 Å². The van der Waals surface area contributed by atoms with E-state index in [1.807, 2.05) is 6.92 Å². The molecule has 0 saturated carbocycles. The van der Waals surface area contributed by atoms with Gasteiger partial charge in [-0.05, 0) is 31.9 Å². The molecule has 2 aliphatic heterocycles. The van der Waals surface area contributed by atoms with Crippen LogP contribution >= 0.6 is 0 Å². The largest absolute Gasteiger partial charge is 0.456 e. The molecule has 1 amide bonds. The van der Waals surface area contributed by atoms with Crippen LogP contribution < -0.4 is 5.32 Å². The fraction of sp³-hybridized carbons (Fsp3) is 0.524. The van der Waals surface area contributed by atoms with Gasteiger partial charge in [-0.2, -0.15) is 8.42 Å². The van der Waals surface area contributed by atoms with Crippen LogP contribution in [0.5, 0.6) is 0 Å². The fourth-order valence-electron chi connectivity index (χ4n) is 3.46. The van der Waals surface area contributed by atoms with Gasteiger partial charge in [0, 0.05) is 6.92 Å². The van der Waals surface area contributed by atoms with Gasteiger partial charge in [-0.1, -0.05) is 23.8 Å². The number of aryl methyl sites for hydroxylation is 1. The number of carbonyl (C=O) groups excluding carboxylic acids is 2. The van der Waals surface area contributed by atoms with Gasteiger partial charge < -0.3 is 24.3 Å². The Balaban J connectivity index is 1.76. The van der Waals surface area contributed by atoms with Gasteiger partial charge in [0.2, 0.25) is 0 Å². The van der Waals surface area contributed by atoms with E-state index in [2.05, 4.69) is 11.9 Å². The molecular weight excluding hydrogens is 442 g/mol. The minimum absolute atomic E-state index is 0.0213. The average Bonchev–Trinajstić information content (AvgIpc) is 3.13. The second-order valence-corrected chi connectivity index (χ2v) is 9.13. The zero-order valence-electron chi connectivity index (χ0n) is 17.9. The summed E-state index contributed by atoms with van der Waals surface area (Å²) in [6, 6.07) is 5.42. The first-order valence-electron chi connectivity index (χ1n) is 10.2. The molecule has 0 radical (unpaired) electrons. The number of esters is 1. The summed E-state index contributed by atoms with van der Waals surface area (Å²) in [6.07, 6.45) is -1.59. The molecule has 2 aliphatic rings. The van der Waals surface area contributed by atoms with E-state index in [-0.39, 0.29) is 4.90 Å². The van der Waals surface area contributed by atoms with E-state index < -0.39 is 59.4 Å². The molecule has 2 heterocycles. The normalized spacial score (nSPS) is 27.2. The van der Waals surface area contributed by atoms with E-state index in [4.69, 9.17) is 23.1 Å². The van der Waals surface area contributed by atoms with Crippen LogP contribution in [0, 0.1) is 6.92 Å². The van der Waals surface area contributed by atoms with Crippen molar-refractivity contribution in [3.8, 4) is 0 Å². The van der Waals surface area contributed by atoms with Crippen molar-refractivity contribution in [1.29, 1.82) is 0 Å². The number of unbranched alkanes of at least 4 members (excludes halogenated alkanes) is 1. The number of alkyl carbamates (subject to hydrolysis) is 1. The minimum Gasteiger partial charge on any atom is -0.456 e. The molecule has 3 rings (SSSR count). The van der Waals surface area contributed by atoms with E-state index in [1.165, 1.54) is 19.1 Å². The lowest BCUT2D eigenvalue weighted by molar-refractivity contribution is -0.261. The molecular formula is C21H27NO9S. The summed E-state index contributed by atoms with van der Waals surface area (Å²) in [5, 5.41) is 2.59. The van der Waals surface area contributed by atoms with Gasteiger partial charge in [-0.25, -0.2) is 4.79 Å². The maximum absolute atomic E-state index is 12.6. The average molecular weight is 470 g/mol. The maximum Gasteiger partial charge on any atom is 0.408 e. The Bertz CT molecular complexity index is 931. The second kappa shape index (κ2) is 10.4. The first-order chi connectivity index (χ1) is 15.2. The number of hydrogen-bond acceptors (Lipinski definition) is 9. The van der Waals surface area contributed by atoms with Gasteiger partial charge in [0.15, 0.2) is 18.5 Å². The quantitative estimate of drug-likeness (QED) is 0.236. The van der Waals surface area contributed by atoms with Crippen LogP contribution in [-0.4, -0.2) is 64.3 Å². The number of ether oxygens (including phenoxy) is 4. The third-order valence-corrected chi connectivity index (χ3v) is 6.30. The SMILES string of the molecule is C=CCCCO[C@H]1O[C@H](COS(=O)(=O)c2ccc(C)cc2)[C@@H](OC(C)=O)[C@@H]2OC(=O)N[C@H]12. The molecule has 1 N–H and O–H groups in total. The molecule has 2 saturated heterocycles. The highest BCUT2D eigenvalue weighted by Gasteiger charge is 2.55. The number of nitrogens with one attached hydrogen (secondary N) is 1. The van der Waals surface area contributed by atoms with Crippen LogP contribution in [0.4, 0.5) is 4.79 Å². The minimum atomic E-state index is -4.10. The maximum atomic E-state index is 12.6. The zero-order chi connectivity index (χ0) is 23.3. The Morgan fingerprint density at radius 1 is 1.28 bits per heavy atom. The summed E-state index contributed by atoms with van der Waals surface area (Å²) in [5.41, 5.74) is 0.896. The van der Waals surface area contributed by atoms with E-state index in [9.17, 15) is 18.0 Å². The molecule has 32 heavy (non-hydrogen) atoms. The number of benzene rings is 1. The van der Waals surface area contributed by atoms with Crippen LogP contribution in [0.25, 0.3) is 0 Å². The van der Waals surface area contributed by atoms with Crippen LogP contribution in [0.1, 0.15) is 25.3 Å². The number of allylic oxidation sites excluding steroid dienone is 1. The van der Waals surface area contributed by atoms with Gasteiger partial charge >= 0.3 is 12.1 Å². The Kier molecular flexibility index (Phi) is 7.88. The van der Waals surface area contributed by atoms with E-state index in [1.54, 1.807) is 18.2 Å². The number of amides is 1. The topological polar surface area (TPSA) is 126 Å². The lowest BCUT2D eigenvalue weighted by Crippen LogP contribution is -2.61. The number of hydrogen-bond donors (Lipinski definition) is 1. The van der Waals surface area contributed by atoms with Crippen molar-refractivity contribution >= 4 is 22.2 Å². The Morgan fingerprint density at radius 3 is 2.66 bits per heavy atom. The summed E-state index contributed by atoms with van der Waals surface area (Å²) in [4.78, 5) is 23.5. The van der Waals surface area contributed by atoms with Crippen LogP contribution in [0.3, 0.4) is 0 Å². The van der Waals surface area contributed by atoms with Crippen molar-refractivity contribution in [3.63, 3.8) is 0 Å². The standard InChI is InChI=1S/C21H27NO9S/c1-4-5-6-11-27-20-17-19(31-21(24)22-17)18(29-14(3)23)16(30-20)12-28-32(25,26)15-9-7-13(2)8-10-15/h4,7-10,16-20H,1,5-6,11-12H2,2-3H3,(H,22,24)/t16-,17+,18-,19-,20+/m1/s1. The van der Waals surface area contributed by atoms with Crippen molar-refractivity contribution in [3.05, 3.63) is 42.5 Å². The molecule has 10 nitrogen and oxygen atoms in total. The predicted molar refractivity (Wildman–Crippen MR) is 111 cm³/mol. The summed E-state index contributed by atoms with van der Waals surface area (Å²) in [6.45, 7) is 6.51. The van der Waals surface area contributed by atoms with E-state index in [0.29, 0.717) is 13.0 Å². The summed E-state index contributed by atoms with van der Waals surface area (Å²) in [7, 11) is -4.10. The van der Waals surface area contributed by atoms with Crippen molar-refractivity contribution in [2.24, 2.45) is 0 Å². The van der Waals surface area contributed by atoms with Gasteiger partial charge in [-0.3, -0.25) is 8.98 Å². The Hall–Kier alpha value is -2.47. The first-order valence-corrected chi connectivity index (χ1v) is 11.6. The van der Waals surface area contributed by atoms with Gasteiger partial charge in [0.05, 0.1) is 18.1 Å². The first kappa shape index (κ1) is 24.2. The second-order valence-electron chi connectivity index (χ2n) is 7.51. The fourth-order valence-corrected chi connectivity index (χ4v) is 4.38. The third-order valence-electron chi connectivity index (χ3n) is 5.01. The van der Waals surface area contributed by atoms with Crippen LogP contribution in [-0.2, 0) is 38.0 Å². The molecule has 11 heteroatoms. The predicted octanol–water partition coefficient (Wildman–Crippen LogP) is 1.82. The van der Waals surface area contributed by atoms with Crippen molar-refractivity contribution < 1.29 is 41.1 Å². The summed E-state index contributed by atoms with van der Waals surface area (Å²) >= 11 is 0. The Labute approximate surface area is 186 Å². The summed E-state index contributed by atoms with van der Waals surface area (Å²) in [5.74, 6) is -0.642. The molecule has 0 bridgehead atoms. The molecule has 1 aromatic carbocycles. The molecule has 0 unspecified atom stereocenters. The van der Waals surface area contributed by atoms with Gasteiger partial charge in [0.1, 0.15) is 12.1 Å². The lowest BCUT2D eigenvalue weighted by Gasteiger charge is -2.41. The van der Waals surface area contributed by atoms with Crippen LogP contribution in [0.2, 0.25) is 0 Å². The highest BCUT2D eigenvalue weighted by atomic mass is 32.2. The van der Waals surface area contributed by atoms with Gasteiger partial charge in [-0.15, -0.1) is 6.58 Å². The lowest BCUT2D eigenvalue weighted by atomic mass is 9.97. The molecule has 2 fully saturated rings. The molecule has 0 aliphatic carbocycles. The number of fused-ring (bicyclic) bond motifs is 1. The number of carbonyl (C=O) groups is 2. The van der Waals surface area contributed by atoms with Crippen molar-refractivity contribution in [1.82, 2.24) is 5.32 Å². The zero-order valence-corrected chi connectivity index (χ0v) is 18.7.